The van der Waals surface area contributed by atoms with E-state index < -0.39 is 60.4 Å². The number of rotatable bonds is 14. The second kappa shape index (κ2) is 18.5. The van der Waals surface area contributed by atoms with E-state index in [1.807, 2.05) is 0 Å². The predicted molar refractivity (Wildman–Crippen MR) is 171 cm³/mol. The molecule has 266 valence electrons. The second-order valence-electron chi connectivity index (χ2n) is 11.5. The van der Waals surface area contributed by atoms with Gasteiger partial charge in [0.25, 0.3) is 0 Å². The molecule has 2 rings (SSSR count). The van der Waals surface area contributed by atoms with Crippen molar-refractivity contribution in [2.24, 2.45) is 0 Å². The highest BCUT2D eigenvalue weighted by molar-refractivity contribution is 5.93. The van der Waals surface area contributed by atoms with Crippen molar-refractivity contribution in [2.45, 2.75) is 58.7 Å². The van der Waals surface area contributed by atoms with E-state index in [0.29, 0.717) is 11.1 Å². The summed E-state index contributed by atoms with van der Waals surface area (Å²) in [4.78, 5) is 87.0. The van der Waals surface area contributed by atoms with Gasteiger partial charge in [0.15, 0.2) is 0 Å². The van der Waals surface area contributed by atoms with E-state index in [0.717, 1.165) is 19.1 Å². The Morgan fingerprint density at radius 3 is 1.57 bits per heavy atom. The van der Waals surface area contributed by atoms with Crippen molar-refractivity contribution < 1.29 is 58.0 Å². The summed E-state index contributed by atoms with van der Waals surface area (Å²) in [6.45, 7) is 3.69. The van der Waals surface area contributed by atoms with E-state index in [2.05, 4.69) is 31.0 Å². The zero-order valence-corrected chi connectivity index (χ0v) is 27.8. The van der Waals surface area contributed by atoms with Gasteiger partial charge in [0.2, 0.25) is 23.6 Å². The fraction of sp³-hybridized carbons (Fsp3) is 0.406. The van der Waals surface area contributed by atoms with Crippen LogP contribution in [0, 0.1) is 0 Å². The van der Waals surface area contributed by atoms with Crippen LogP contribution in [0.5, 0.6) is 11.5 Å². The fourth-order valence-electron chi connectivity index (χ4n) is 4.08. The summed E-state index contributed by atoms with van der Waals surface area (Å²) < 4.78 is 14.2. The van der Waals surface area contributed by atoms with Crippen molar-refractivity contribution in [3.05, 3.63) is 58.7 Å². The number of hydrogen-bond acceptors (Lipinski definition) is 12. The number of phenols is 2. The summed E-state index contributed by atoms with van der Waals surface area (Å²) in [6, 6.07) is 8.15. The van der Waals surface area contributed by atoms with Crippen molar-refractivity contribution >= 4 is 41.7 Å². The maximum Gasteiger partial charge on any atom is 0.426 e. The van der Waals surface area contributed by atoms with Crippen LogP contribution >= 0.6 is 0 Å². The second-order valence-corrected chi connectivity index (χ2v) is 11.5. The van der Waals surface area contributed by atoms with Gasteiger partial charge in [-0.1, -0.05) is 12.1 Å². The van der Waals surface area contributed by atoms with E-state index in [1.54, 1.807) is 20.8 Å². The zero-order chi connectivity index (χ0) is 36.7. The molecule has 2 aromatic carbocycles. The number of nitrogens with one attached hydrogen (secondary N) is 4. The molecular formula is C32H41N5O12. The van der Waals surface area contributed by atoms with E-state index in [1.165, 1.54) is 36.4 Å². The summed E-state index contributed by atoms with van der Waals surface area (Å²) >= 11 is 0. The van der Waals surface area contributed by atoms with E-state index >= 15 is 0 Å². The van der Waals surface area contributed by atoms with Crippen molar-refractivity contribution in [2.75, 3.05) is 27.3 Å². The smallest absolute Gasteiger partial charge is 0.426 e. The molecule has 0 bridgehead atoms. The van der Waals surface area contributed by atoms with E-state index in [4.69, 9.17) is 4.74 Å². The first-order chi connectivity index (χ1) is 23.0. The molecular weight excluding hydrogens is 646 g/mol. The van der Waals surface area contributed by atoms with Crippen molar-refractivity contribution in [1.82, 2.24) is 26.4 Å². The highest BCUT2D eigenvalue weighted by Gasteiger charge is 2.22. The largest absolute Gasteiger partial charge is 0.507 e. The summed E-state index contributed by atoms with van der Waals surface area (Å²) in [7, 11) is 2.33. The number of esters is 2. The van der Waals surface area contributed by atoms with Crippen LogP contribution in [-0.4, -0.2) is 89.7 Å². The number of carbonyl (C=O) groups excluding carboxylic acids is 7. The minimum Gasteiger partial charge on any atom is -0.507 e. The molecule has 2 aromatic rings. The normalized spacial score (nSPS) is 10.6. The third-order valence-corrected chi connectivity index (χ3v) is 6.43. The highest BCUT2D eigenvalue weighted by atomic mass is 16.6. The molecule has 0 fully saturated rings. The quantitative estimate of drug-likeness (QED) is 0.0932. The van der Waals surface area contributed by atoms with Crippen LogP contribution in [0.25, 0.3) is 0 Å². The molecule has 0 aromatic heterocycles. The van der Waals surface area contributed by atoms with Crippen LogP contribution in [0.2, 0.25) is 0 Å². The Balaban J connectivity index is 2.02. The molecule has 0 saturated carbocycles. The average molecular weight is 688 g/mol. The average Bonchev–Trinajstić information content (AvgIpc) is 3.03. The SMILES string of the molecule is COC(=O)c1ccc(CNC(=O)CN(CC(=O)NCc2ccc(C(=O)OC)c(O)c2)C(=O)CCCC(=O)NNC(=O)OC(C)(C)C)cc1O. The maximum absolute atomic E-state index is 13.1. The van der Waals surface area contributed by atoms with Crippen molar-refractivity contribution in [1.29, 1.82) is 0 Å². The predicted octanol–water partition coefficient (Wildman–Crippen LogP) is 1.16. The van der Waals surface area contributed by atoms with Crippen molar-refractivity contribution in [3.63, 3.8) is 0 Å². The number of amides is 5. The van der Waals surface area contributed by atoms with Gasteiger partial charge >= 0.3 is 18.0 Å². The molecule has 49 heavy (non-hydrogen) atoms. The standard InChI is InChI=1S/C32H41N5O12/c1-32(2,3)49-31(46)36-35-25(40)7-6-8-28(43)37(17-26(41)33-15-19-9-11-21(23(38)13-19)29(44)47-4)18-27(42)34-16-20-10-12-22(24(39)14-20)30(45)48-5/h9-14,38-39H,6-8,15-18H2,1-5H3,(H,33,41)(H,34,42)(H,35,40)(H,36,46). The molecule has 0 aliphatic heterocycles. The number of hydrogen-bond donors (Lipinski definition) is 6. The lowest BCUT2D eigenvalue weighted by atomic mass is 10.1. The van der Waals surface area contributed by atoms with Gasteiger partial charge < -0.3 is 40.0 Å². The van der Waals surface area contributed by atoms with Gasteiger partial charge in [-0.3, -0.25) is 24.6 Å². The molecule has 0 saturated heterocycles. The Bertz CT molecular complexity index is 1470. The Kier molecular flexibility index (Phi) is 14.8. The molecule has 0 atom stereocenters. The van der Waals surface area contributed by atoms with E-state index in [-0.39, 0.29) is 55.0 Å². The molecule has 0 spiro atoms. The molecule has 6 N–H and O–H groups in total. The minimum atomic E-state index is -0.871. The number of carbonyl (C=O) groups is 7. The number of benzene rings is 2. The van der Waals surface area contributed by atoms with Crippen LogP contribution in [-0.2, 0) is 46.5 Å². The lowest BCUT2D eigenvalue weighted by Gasteiger charge is -2.22. The number of phenolic OH excluding ortho intramolecular Hbond substituents is 2. The van der Waals surface area contributed by atoms with Gasteiger partial charge in [0, 0.05) is 25.9 Å². The summed E-state index contributed by atoms with van der Waals surface area (Å²) in [5.74, 6) is -4.74. The lowest BCUT2D eigenvalue weighted by Crippen LogP contribution is -2.46. The molecule has 0 radical (unpaired) electrons. The molecule has 17 nitrogen and oxygen atoms in total. The Morgan fingerprint density at radius 2 is 1.16 bits per heavy atom. The number of nitrogens with zero attached hydrogens (tertiary/aromatic N) is 1. The summed E-state index contributed by atoms with van der Waals surface area (Å²) in [5.41, 5.74) is 4.22. The van der Waals surface area contributed by atoms with Gasteiger partial charge in [-0.25, -0.2) is 19.8 Å². The summed E-state index contributed by atoms with van der Waals surface area (Å²) in [6.07, 6.45) is -1.27. The van der Waals surface area contributed by atoms with E-state index in [9.17, 15) is 43.8 Å². The van der Waals surface area contributed by atoms with Crippen LogP contribution in [0.1, 0.15) is 71.9 Å². The fourth-order valence-corrected chi connectivity index (χ4v) is 4.08. The third-order valence-electron chi connectivity index (χ3n) is 6.43. The first-order valence-corrected chi connectivity index (χ1v) is 14.9. The van der Waals surface area contributed by atoms with Gasteiger partial charge in [-0.15, -0.1) is 0 Å². The van der Waals surface area contributed by atoms with Crippen LogP contribution in [0.4, 0.5) is 4.79 Å². The van der Waals surface area contributed by atoms with Crippen LogP contribution in [0.15, 0.2) is 36.4 Å². The Labute approximate surface area is 282 Å². The molecule has 5 amide bonds. The van der Waals surface area contributed by atoms with Gasteiger partial charge in [0.05, 0.1) is 14.2 Å². The maximum atomic E-state index is 13.1. The first kappa shape index (κ1) is 39.3. The zero-order valence-electron chi connectivity index (χ0n) is 27.8. The number of hydrazine groups is 1. The molecule has 0 heterocycles. The number of ether oxygens (including phenoxy) is 3. The molecule has 0 aliphatic carbocycles. The lowest BCUT2D eigenvalue weighted by molar-refractivity contribution is -0.139. The van der Waals surface area contributed by atoms with Gasteiger partial charge in [-0.2, -0.15) is 0 Å². The van der Waals surface area contributed by atoms with Crippen LogP contribution in [0.3, 0.4) is 0 Å². The molecule has 0 unspecified atom stereocenters. The Morgan fingerprint density at radius 1 is 0.694 bits per heavy atom. The van der Waals surface area contributed by atoms with Crippen molar-refractivity contribution in [3.8, 4) is 11.5 Å². The summed E-state index contributed by atoms with van der Waals surface area (Å²) in [5, 5.41) is 25.3. The number of methoxy groups -OCH3 is 2. The topological polar surface area (TPSA) is 239 Å². The molecule has 0 aliphatic rings. The highest BCUT2D eigenvalue weighted by Crippen LogP contribution is 2.20. The van der Waals surface area contributed by atoms with Gasteiger partial charge in [0.1, 0.15) is 41.3 Å². The Hall–Kier alpha value is -5.87. The number of aromatic hydroxyl groups is 2. The first-order valence-electron chi connectivity index (χ1n) is 14.9. The minimum absolute atomic E-state index is 0.0119. The monoisotopic (exact) mass is 687 g/mol. The van der Waals surface area contributed by atoms with Crippen LogP contribution < -0.4 is 21.5 Å². The molecule has 17 heteroatoms. The third kappa shape index (κ3) is 13.8. The van der Waals surface area contributed by atoms with Gasteiger partial charge in [-0.05, 0) is 62.6 Å².